The summed E-state index contributed by atoms with van der Waals surface area (Å²) in [4.78, 5) is 34.4. The summed E-state index contributed by atoms with van der Waals surface area (Å²) in [5, 5.41) is 13.8. The first-order chi connectivity index (χ1) is 12.8. The summed E-state index contributed by atoms with van der Waals surface area (Å²) in [5.74, 6) is -0.852. The minimum Gasteiger partial charge on any atom is -0.480 e. The molecule has 2 aromatic rings. The molecule has 1 amide bonds. The van der Waals surface area contributed by atoms with E-state index in [1.54, 1.807) is 4.68 Å². The first-order valence-corrected chi connectivity index (χ1v) is 8.75. The maximum Gasteiger partial charge on any atom is 0.328 e. The third-order valence-corrected chi connectivity index (χ3v) is 4.66. The van der Waals surface area contributed by atoms with Gasteiger partial charge in [0.15, 0.2) is 6.04 Å². The van der Waals surface area contributed by atoms with Gasteiger partial charge in [-0.15, -0.1) is 0 Å². The van der Waals surface area contributed by atoms with Crippen LogP contribution in [0.5, 0.6) is 0 Å². The van der Waals surface area contributed by atoms with E-state index in [2.05, 4.69) is 15.1 Å². The third kappa shape index (κ3) is 3.82. The summed E-state index contributed by atoms with van der Waals surface area (Å²) in [6.45, 7) is 8.07. The van der Waals surface area contributed by atoms with Crippen LogP contribution in [0.4, 0.5) is 0 Å². The highest BCUT2D eigenvalue weighted by Crippen LogP contribution is 2.19. The second-order valence-electron chi connectivity index (χ2n) is 6.70. The minimum absolute atomic E-state index is 0.00864. The van der Waals surface area contributed by atoms with Gasteiger partial charge in [-0.2, -0.15) is 5.10 Å². The maximum atomic E-state index is 12.8. The number of carboxylic acid groups (broad SMARTS) is 1. The number of carbonyl (C=O) groups is 2. The van der Waals surface area contributed by atoms with E-state index >= 15 is 0 Å². The number of hydrogen-bond donors (Lipinski definition) is 1. The molecular weight excluding hydrogens is 350 g/mol. The van der Waals surface area contributed by atoms with E-state index in [9.17, 15) is 14.7 Å². The van der Waals surface area contributed by atoms with Crippen LogP contribution in [0.15, 0.2) is 6.07 Å². The zero-order valence-electron chi connectivity index (χ0n) is 15.9. The normalized spacial score (nSPS) is 17.2. The Bertz CT molecular complexity index is 872. The topological polar surface area (TPSA) is 110 Å². The molecule has 1 aliphatic rings. The fourth-order valence-corrected chi connectivity index (χ4v) is 3.29. The number of aliphatic carboxylic acids is 1. The van der Waals surface area contributed by atoms with E-state index in [4.69, 9.17) is 4.74 Å². The Morgan fingerprint density at radius 3 is 2.52 bits per heavy atom. The van der Waals surface area contributed by atoms with Gasteiger partial charge < -0.3 is 14.7 Å². The molecule has 1 N–H and O–H groups in total. The van der Waals surface area contributed by atoms with Crippen molar-refractivity contribution < 1.29 is 19.4 Å². The number of carbonyl (C=O) groups excluding carboxylic acids is 1. The average Bonchev–Trinajstić information content (AvgIpc) is 2.89. The van der Waals surface area contributed by atoms with Crippen molar-refractivity contribution in [3.8, 4) is 5.95 Å². The van der Waals surface area contributed by atoms with E-state index in [1.807, 2.05) is 33.8 Å². The molecule has 144 valence electrons. The predicted octanol–water partition coefficient (Wildman–Crippen LogP) is 0.750. The SMILES string of the molecule is Cc1cc(C)nc(-n2nc(C)c(CC(=O)N3CCOC[C@H]3C(=O)O)c2C)n1. The van der Waals surface area contributed by atoms with Crippen molar-refractivity contribution >= 4 is 11.9 Å². The van der Waals surface area contributed by atoms with Crippen molar-refractivity contribution in [2.75, 3.05) is 19.8 Å². The fraction of sp³-hybridized carbons (Fsp3) is 0.500. The van der Waals surface area contributed by atoms with Crippen LogP contribution in [0.1, 0.15) is 28.3 Å². The van der Waals surface area contributed by atoms with Crippen molar-refractivity contribution in [3.63, 3.8) is 0 Å². The van der Waals surface area contributed by atoms with Gasteiger partial charge in [-0.25, -0.2) is 19.4 Å². The molecule has 0 unspecified atom stereocenters. The van der Waals surface area contributed by atoms with Crippen LogP contribution in [-0.4, -0.2) is 67.4 Å². The highest BCUT2D eigenvalue weighted by atomic mass is 16.5. The van der Waals surface area contributed by atoms with Crippen molar-refractivity contribution in [1.82, 2.24) is 24.6 Å². The van der Waals surface area contributed by atoms with Gasteiger partial charge in [0, 0.05) is 29.2 Å². The second-order valence-corrected chi connectivity index (χ2v) is 6.70. The molecule has 0 spiro atoms. The van der Waals surface area contributed by atoms with Gasteiger partial charge in [0.05, 0.1) is 25.3 Å². The average molecular weight is 373 g/mol. The van der Waals surface area contributed by atoms with Crippen LogP contribution in [0.25, 0.3) is 5.95 Å². The molecule has 2 aromatic heterocycles. The lowest BCUT2D eigenvalue weighted by Gasteiger charge is -2.32. The number of ether oxygens (including phenoxy) is 1. The summed E-state index contributed by atoms with van der Waals surface area (Å²) < 4.78 is 6.83. The van der Waals surface area contributed by atoms with Crippen molar-refractivity contribution in [2.45, 2.75) is 40.2 Å². The summed E-state index contributed by atoms with van der Waals surface area (Å²) >= 11 is 0. The van der Waals surface area contributed by atoms with E-state index in [0.29, 0.717) is 18.2 Å². The molecular formula is C18H23N5O4. The first-order valence-electron chi connectivity index (χ1n) is 8.75. The lowest BCUT2D eigenvalue weighted by atomic mass is 10.1. The Kier molecular flexibility index (Phi) is 5.22. The number of rotatable bonds is 4. The van der Waals surface area contributed by atoms with Crippen LogP contribution in [0.3, 0.4) is 0 Å². The Morgan fingerprint density at radius 2 is 1.89 bits per heavy atom. The molecule has 1 atom stereocenters. The van der Waals surface area contributed by atoms with Crippen molar-refractivity contribution in [2.24, 2.45) is 0 Å². The van der Waals surface area contributed by atoms with E-state index in [-0.39, 0.29) is 25.5 Å². The van der Waals surface area contributed by atoms with Gasteiger partial charge in [0.25, 0.3) is 5.95 Å². The molecule has 0 aromatic carbocycles. The summed E-state index contributed by atoms with van der Waals surface area (Å²) in [5.41, 5.74) is 3.90. The van der Waals surface area contributed by atoms with Crippen LogP contribution in [0, 0.1) is 27.7 Å². The maximum absolute atomic E-state index is 12.8. The molecule has 0 aliphatic carbocycles. The van der Waals surface area contributed by atoms with Gasteiger partial charge in [0.2, 0.25) is 5.91 Å². The molecule has 9 nitrogen and oxygen atoms in total. The number of aromatic nitrogens is 4. The lowest BCUT2D eigenvalue weighted by molar-refractivity contribution is -0.158. The molecule has 27 heavy (non-hydrogen) atoms. The van der Waals surface area contributed by atoms with Crippen molar-refractivity contribution in [3.05, 3.63) is 34.4 Å². The van der Waals surface area contributed by atoms with Gasteiger partial charge in [-0.1, -0.05) is 0 Å². The van der Waals surface area contributed by atoms with Crippen molar-refractivity contribution in [1.29, 1.82) is 0 Å². The fourth-order valence-electron chi connectivity index (χ4n) is 3.29. The van der Waals surface area contributed by atoms with Crippen LogP contribution in [-0.2, 0) is 20.7 Å². The molecule has 0 bridgehead atoms. The lowest BCUT2D eigenvalue weighted by Crippen LogP contribution is -2.53. The molecule has 9 heteroatoms. The number of carboxylic acids is 1. The van der Waals surface area contributed by atoms with Gasteiger partial charge in [-0.3, -0.25) is 4.79 Å². The highest BCUT2D eigenvalue weighted by molar-refractivity contribution is 5.85. The number of hydrogen-bond acceptors (Lipinski definition) is 6. The molecule has 1 fully saturated rings. The van der Waals surface area contributed by atoms with Crippen LogP contribution < -0.4 is 0 Å². The van der Waals surface area contributed by atoms with Crippen LogP contribution >= 0.6 is 0 Å². The largest absolute Gasteiger partial charge is 0.480 e. The Balaban J connectivity index is 1.88. The summed E-state index contributed by atoms with van der Waals surface area (Å²) in [6, 6.07) is 0.925. The molecule has 3 heterocycles. The van der Waals surface area contributed by atoms with E-state index in [0.717, 1.165) is 22.6 Å². The number of aryl methyl sites for hydroxylation is 3. The van der Waals surface area contributed by atoms with Gasteiger partial charge >= 0.3 is 5.97 Å². The Morgan fingerprint density at radius 1 is 1.22 bits per heavy atom. The quantitative estimate of drug-likeness (QED) is 0.842. The molecule has 0 saturated carbocycles. The molecule has 1 saturated heterocycles. The Hall–Kier alpha value is -2.81. The standard InChI is InChI=1S/C18H23N5O4/c1-10-7-11(2)20-18(19-10)23-13(4)14(12(3)21-23)8-16(24)22-5-6-27-9-15(22)17(25)26/h7,15H,5-6,8-9H2,1-4H3,(H,25,26)/t15-/m0/s1. The first kappa shape index (κ1) is 19.0. The molecule has 0 radical (unpaired) electrons. The number of amides is 1. The summed E-state index contributed by atoms with van der Waals surface area (Å²) in [7, 11) is 0. The van der Waals surface area contributed by atoms with Gasteiger partial charge in [0.1, 0.15) is 0 Å². The molecule has 1 aliphatic heterocycles. The van der Waals surface area contributed by atoms with Crippen LogP contribution in [0.2, 0.25) is 0 Å². The monoisotopic (exact) mass is 373 g/mol. The predicted molar refractivity (Wildman–Crippen MR) is 95.8 cm³/mol. The minimum atomic E-state index is -1.06. The highest BCUT2D eigenvalue weighted by Gasteiger charge is 2.33. The molecule has 3 rings (SSSR count). The number of morpholine rings is 1. The third-order valence-electron chi connectivity index (χ3n) is 4.66. The summed E-state index contributed by atoms with van der Waals surface area (Å²) in [6.07, 6.45) is 0.0756. The Labute approximate surface area is 157 Å². The van der Waals surface area contributed by atoms with E-state index < -0.39 is 12.0 Å². The zero-order valence-corrected chi connectivity index (χ0v) is 15.9. The smallest absolute Gasteiger partial charge is 0.328 e. The second kappa shape index (κ2) is 7.43. The van der Waals surface area contributed by atoms with Gasteiger partial charge in [-0.05, 0) is 33.8 Å². The van der Waals surface area contributed by atoms with E-state index in [1.165, 1.54) is 4.90 Å². The zero-order chi connectivity index (χ0) is 19.7. The number of nitrogens with zero attached hydrogens (tertiary/aromatic N) is 5.